The molecule has 7 nitrogen and oxygen atoms in total. The lowest BCUT2D eigenvalue weighted by molar-refractivity contribution is -0.385. The summed E-state index contributed by atoms with van der Waals surface area (Å²) in [5, 5.41) is 23.1. The van der Waals surface area contributed by atoms with Crippen LogP contribution in [0.4, 0.5) is 5.69 Å². The molecule has 1 aliphatic rings. The third-order valence-electron chi connectivity index (χ3n) is 3.71. The number of phenols is 1. The molecule has 1 aromatic carbocycles. The Bertz CT molecular complexity index is 560. The van der Waals surface area contributed by atoms with E-state index in [0.717, 1.165) is 12.1 Å². The van der Waals surface area contributed by atoms with Crippen LogP contribution >= 0.6 is 0 Å². The van der Waals surface area contributed by atoms with Gasteiger partial charge in [0.1, 0.15) is 11.3 Å². The molecule has 0 radical (unpaired) electrons. The summed E-state index contributed by atoms with van der Waals surface area (Å²) in [7, 11) is 0. The van der Waals surface area contributed by atoms with Gasteiger partial charge in [-0.15, -0.1) is 0 Å². The highest BCUT2D eigenvalue weighted by atomic mass is 16.6. The maximum atomic E-state index is 12.2. The van der Waals surface area contributed by atoms with E-state index in [1.54, 1.807) is 0 Å². The van der Waals surface area contributed by atoms with Gasteiger partial charge in [0.15, 0.2) is 0 Å². The second-order valence-corrected chi connectivity index (χ2v) is 5.09. The number of phenolic OH excluding ortho intramolecular Hbond substituents is 1. The number of benzene rings is 1. The third-order valence-corrected chi connectivity index (χ3v) is 3.71. The fourth-order valence-corrected chi connectivity index (χ4v) is 2.19. The van der Waals surface area contributed by atoms with Crippen molar-refractivity contribution >= 4 is 11.6 Å². The van der Waals surface area contributed by atoms with E-state index in [1.807, 2.05) is 13.8 Å². The lowest BCUT2D eigenvalue weighted by Crippen LogP contribution is -2.50. The Hall–Kier alpha value is -2.15. The first kappa shape index (κ1) is 14.3. The summed E-state index contributed by atoms with van der Waals surface area (Å²) < 4.78 is 5.41. The van der Waals surface area contributed by atoms with E-state index in [0.29, 0.717) is 13.0 Å². The molecule has 2 unspecified atom stereocenters. The van der Waals surface area contributed by atoms with Crippen LogP contribution in [0.15, 0.2) is 18.2 Å². The minimum atomic E-state index is -0.648. The van der Waals surface area contributed by atoms with Gasteiger partial charge in [0.05, 0.1) is 16.6 Å². The van der Waals surface area contributed by atoms with E-state index in [1.165, 1.54) is 6.07 Å². The number of hydrogen-bond acceptors (Lipinski definition) is 5. The minimum absolute atomic E-state index is 0.157. The number of carbonyl (C=O) groups excluding carboxylic acids is 1. The number of nitrogens with zero attached hydrogens (tertiary/aromatic N) is 1. The van der Waals surface area contributed by atoms with Gasteiger partial charge in [0.25, 0.3) is 11.6 Å². The SMILES string of the molecule is CC1OCCC1(C)NC(=O)c1cc(O)ccc1[N+](=O)[O-]. The molecule has 0 aliphatic carbocycles. The Morgan fingerprint density at radius 3 is 2.85 bits per heavy atom. The number of nitrogens with one attached hydrogen (secondary N) is 1. The van der Waals surface area contributed by atoms with E-state index in [-0.39, 0.29) is 23.1 Å². The molecule has 2 atom stereocenters. The average molecular weight is 280 g/mol. The Labute approximate surface area is 115 Å². The van der Waals surface area contributed by atoms with Crippen LogP contribution in [0, 0.1) is 10.1 Å². The van der Waals surface area contributed by atoms with E-state index in [9.17, 15) is 20.0 Å². The summed E-state index contributed by atoms with van der Waals surface area (Å²) in [4.78, 5) is 22.5. The molecule has 1 amide bonds. The first-order valence-corrected chi connectivity index (χ1v) is 6.25. The first-order chi connectivity index (χ1) is 9.33. The molecule has 0 aromatic heterocycles. The predicted molar refractivity (Wildman–Crippen MR) is 70.7 cm³/mol. The normalized spacial score (nSPS) is 25.4. The number of carbonyl (C=O) groups is 1. The van der Waals surface area contributed by atoms with Crippen LogP contribution in [-0.4, -0.2) is 34.2 Å². The average Bonchev–Trinajstić information content (AvgIpc) is 2.68. The van der Waals surface area contributed by atoms with Gasteiger partial charge in [-0.2, -0.15) is 0 Å². The molecule has 1 heterocycles. The molecular formula is C13H16N2O5. The van der Waals surface area contributed by atoms with Gasteiger partial charge in [0, 0.05) is 12.7 Å². The summed E-state index contributed by atoms with van der Waals surface area (Å²) in [6.07, 6.45) is 0.454. The van der Waals surface area contributed by atoms with Crippen molar-refractivity contribution in [1.82, 2.24) is 5.32 Å². The highest BCUT2D eigenvalue weighted by Crippen LogP contribution is 2.28. The zero-order valence-corrected chi connectivity index (χ0v) is 11.3. The first-order valence-electron chi connectivity index (χ1n) is 6.25. The molecule has 20 heavy (non-hydrogen) atoms. The molecule has 1 aromatic rings. The van der Waals surface area contributed by atoms with Crippen LogP contribution in [0.3, 0.4) is 0 Å². The third kappa shape index (κ3) is 2.57. The van der Waals surface area contributed by atoms with Gasteiger partial charge in [0.2, 0.25) is 0 Å². The number of nitro groups is 1. The summed E-state index contributed by atoms with van der Waals surface area (Å²) >= 11 is 0. The summed E-state index contributed by atoms with van der Waals surface area (Å²) in [5.74, 6) is -0.783. The van der Waals surface area contributed by atoms with E-state index >= 15 is 0 Å². The molecule has 0 saturated carbocycles. The lowest BCUT2D eigenvalue weighted by atomic mass is 9.94. The Morgan fingerprint density at radius 1 is 1.60 bits per heavy atom. The van der Waals surface area contributed by atoms with Crippen molar-refractivity contribution in [3.05, 3.63) is 33.9 Å². The van der Waals surface area contributed by atoms with E-state index in [2.05, 4.69) is 5.32 Å². The van der Waals surface area contributed by atoms with Crippen molar-refractivity contribution in [1.29, 1.82) is 0 Å². The van der Waals surface area contributed by atoms with Gasteiger partial charge >= 0.3 is 0 Å². The molecule has 2 rings (SSSR count). The molecule has 108 valence electrons. The van der Waals surface area contributed by atoms with E-state index in [4.69, 9.17) is 4.74 Å². The van der Waals surface area contributed by atoms with E-state index < -0.39 is 16.4 Å². The zero-order valence-electron chi connectivity index (χ0n) is 11.3. The smallest absolute Gasteiger partial charge is 0.282 e. The molecule has 1 fully saturated rings. The number of aromatic hydroxyl groups is 1. The van der Waals surface area contributed by atoms with Crippen molar-refractivity contribution < 1.29 is 19.6 Å². The maximum absolute atomic E-state index is 12.2. The highest BCUT2D eigenvalue weighted by molar-refractivity contribution is 5.99. The van der Waals surface area contributed by atoms with Gasteiger partial charge in [-0.3, -0.25) is 14.9 Å². The van der Waals surface area contributed by atoms with Gasteiger partial charge in [-0.25, -0.2) is 0 Å². The summed E-state index contributed by atoms with van der Waals surface area (Å²) in [6, 6.07) is 3.39. The van der Waals surface area contributed by atoms with Crippen molar-refractivity contribution in [2.45, 2.75) is 31.9 Å². The van der Waals surface area contributed by atoms with Crippen LogP contribution in [0.1, 0.15) is 30.6 Å². The Morgan fingerprint density at radius 2 is 2.30 bits per heavy atom. The Kier molecular flexibility index (Phi) is 3.63. The molecule has 2 N–H and O–H groups in total. The van der Waals surface area contributed by atoms with Crippen LogP contribution in [-0.2, 0) is 4.74 Å². The molecule has 0 bridgehead atoms. The highest BCUT2D eigenvalue weighted by Gasteiger charge is 2.39. The monoisotopic (exact) mass is 280 g/mol. The van der Waals surface area contributed by atoms with Crippen molar-refractivity contribution in [3.8, 4) is 5.75 Å². The second-order valence-electron chi connectivity index (χ2n) is 5.09. The number of ether oxygens (including phenoxy) is 1. The second kappa shape index (κ2) is 5.09. The summed E-state index contributed by atoms with van der Waals surface area (Å²) in [5.41, 5.74) is -1.07. The van der Waals surface area contributed by atoms with Gasteiger partial charge in [-0.1, -0.05) is 0 Å². The van der Waals surface area contributed by atoms with Gasteiger partial charge in [-0.05, 0) is 32.4 Å². The fraction of sp³-hybridized carbons (Fsp3) is 0.462. The number of hydrogen-bond donors (Lipinski definition) is 2. The van der Waals surface area contributed by atoms with Crippen LogP contribution < -0.4 is 5.32 Å². The molecule has 0 spiro atoms. The van der Waals surface area contributed by atoms with Crippen LogP contribution in [0.25, 0.3) is 0 Å². The minimum Gasteiger partial charge on any atom is -0.508 e. The molecule has 1 saturated heterocycles. The fourth-order valence-electron chi connectivity index (χ4n) is 2.19. The Balaban J connectivity index is 2.29. The molecule has 7 heteroatoms. The number of nitro benzene ring substituents is 1. The topological polar surface area (TPSA) is 102 Å². The molecule has 1 aliphatic heterocycles. The van der Waals surface area contributed by atoms with Crippen LogP contribution in [0.2, 0.25) is 0 Å². The molecular weight excluding hydrogens is 264 g/mol. The summed E-state index contributed by atoms with van der Waals surface area (Å²) in [6.45, 7) is 4.20. The number of rotatable bonds is 3. The largest absolute Gasteiger partial charge is 0.508 e. The number of amides is 1. The van der Waals surface area contributed by atoms with Crippen molar-refractivity contribution in [3.63, 3.8) is 0 Å². The maximum Gasteiger partial charge on any atom is 0.282 e. The van der Waals surface area contributed by atoms with Crippen molar-refractivity contribution in [2.24, 2.45) is 0 Å². The quantitative estimate of drug-likeness (QED) is 0.646. The zero-order chi connectivity index (χ0) is 14.9. The lowest BCUT2D eigenvalue weighted by Gasteiger charge is -2.28. The van der Waals surface area contributed by atoms with Crippen LogP contribution in [0.5, 0.6) is 5.75 Å². The van der Waals surface area contributed by atoms with Crippen molar-refractivity contribution in [2.75, 3.05) is 6.61 Å². The standard InChI is InChI=1S/C13H16N2O5/c1-8-13(2,5-6-20-8)14-12(17)10-7-9(16)3-4-11(10)15(18)19/h3-4,7-8,16H,5-6H2,1-2H3,(H,14,17). The van der Waals surface area contributed by atoms with Gasteiger partial charge < -0.3 is 15.2 Å². The predicted octanol–water partition coefficient (Wildman–Crippen LogP) is 1.60.